The summed E-state index contributed by atoms with van der Waals surface area (Å²) >= 11 is 0. The second-order valence-corrected chi connectivity index (χ2v) is 7.15. The van der Waals surface area contributed by atoms with E-state index in [9.17, 15) is 4.39 Å². The Morgan fingerprint density at radius 2 is 1.95 bits per heavy atom. The van der Waals surface area contributed by atoms with Gasteiger partial charge in [0.15, 0.2) is 5.82 Å². The minimum Gasteiger partial charge on any atom is -0.340 e. The first kappa shape index (κ1) is 13.4. The fourth-order valence-corrected chi connectivity index (χ4v) is 4.03. The van der Waals surface area contributed by atoms with Gasteiger partial charge in [-0.2, -0.15) is 0 Å². The third kappa shape index (κ3) is 2.89. The minimum atomic E-state index is -0.359. The quantitative estimate of drug-likeness (QED) is 0.855. The summed E-state index contributed by atoms with van der Waals surface area (Å²) in [7, 11) is 0. The molecule has 1 aliphatic carbocycles. The summed E-state index contributed by atoms with van der Waals surface area (Å²) < 4.78 is 13.0. The van der Waals surface area contributed by atoms with Crippen LogP contribution in [0.2, 0.25) is 0 Å². The Kier molecular flexibility index (Phi) is 3.32. The highest BCUT2D eigenvalue weighted by atomic mass is 19.1. The lowest BCUT2D eigenvalue weighted by Gasteiger charge is -2.40. The number of piperidine rings is 1. The van der Waals surface area contributed by atoms with Gasteiger partial charge in [-0.1, -0.05) is 0 Å². The molecule has 0 N–H and O–H groups in total. The van der Waals surface area contributed by atoms with Crippen LogP contribution in [0, 0.1) is 17.2 Å². The molecule has 3 heterocycles. The maximum Gasteiger partial charge on any atom is 0.225 e. The smallest absolute Gasteiger partial charge is 0.225 e. The Bertz CT molecular complexity index is 502. The lowest BCUT2D eigenvalue weighted by Crippen LogP contribution is -2.45. The molecule has 1 atom stereocenters. The fourth-order valence-electron chi connectivity index (χ4n) is 4.03. The molecule has 1 unspecified atom stereocenters. The average molecular weight is 290 g/mol. The molecule has 2 saturated heterocycles. The maximum atomic E-state index is 13.0. The second kappa shape index (κ2) is 5.20. The average Bonchev–Trinajstić information content (AvgIpc) is 3.22. The minimum absolute atomic E-state index is 0.359. The third-order valence-corrected chi connectivity index (χ3v) is 5.28. The first-order valence-electron chi connectivity index (χ1n) is 8.17. The molecule has 114 valence electrons. The van der Waals surface area contributed by atoms with E-state index in [0.29, 0.717) is 11.4 Å². The number of rotatable bonds is 3. The predicted molar refractivity (Wildman–Crippen MR) is 79.7 cm³/mol. The molecule has 5 heteroatoms. The van der Waals surface area contributed by atoms with Gasteiger partial charge in [-0.05, 0) is 44.6 Å². The normalized spacial score (nSPS) is 30.2. The molecule has 1 spiro atoms. The van der Waals surface area contributed by atoms with Crippen molar-refractivity contribution in [2.24, 2.45) is 11.3 Å². The van der Waals surface area contributed by atoms with E-state index in [0.717, 1.165) is 19.0 Å². The van der Waals surface area contributed by atoms with Gasteiger partial charge >= 0.3 is 0 Å². The molecule has 0 bridgehead atoms. The van der Waals surface area contributed by atoms with E-state index in [2.05, 4.69) is 19.8 Å². The Hall–Kier alpha value is -1.23. The lowest BCUT2D eigenvalue weighted by atomic mass is 9.79. The van der Waals surface area contributed by atoms with Crippen molar-refractivity contribution in [1.29, 1.82) is 0 Å². The number of hydrogen-bond acceptors (Lipinski definition) is 4. The summed E-state index contributed by atoms with van der Waals surface area (Å²) in [6, 6.07) is 0. The SMILES string of the molecule is Fc1cnc(N2CCCC3(CCN(CC4CC4)C3)C2)nc1. The summed E-state index contributed by atoms with van der Waals surface area (Å²) in [5, 5.41) is 0. The van der Waals surface area contributed by atoms with Gasteiger partial charge in [0.05, 0.1) is 12.4 Å². The number of likely N-dealkylation sites (tertiary alicyclic amines) is 1. The van der Waals surface area contributed by atoms with Gasteiger partial charge in [0.25, 0.3) is 0 Å². The fraction of sp³-hybridized carbons (Fsp3) is 0.750. The molecule has 1 aromatic rings. The molecule has 0 aromatic carbocycles. The molecule has 0 radical (unpaired) electrons. The van der Waals surface area contributed by atoms with Crippen LogP contribution in [0.4, 0.5) is 10.3 Å². The van der Waals surface area contributed by atoms with Gasteiger partial charge in [-0.25, -0.2) is 14.4 Å². The van der Waals surface area contributed by atoms with Crippen molar-refractivity contribution >= 4 is 5.95 Å². The van der Waals surface area contributed by atoms with E-state index in [1.54, 1.807) is 0 Å². The van der Waals surface area contributed by atoms with Gasteiger partial charge in [-0.15, -0.1) is 0 Å². The number of nitrogens with zero attached hydrogens (tertiary/aromatic N) is 4. The van der Waals surface area contributed by atoms with Crippen LogP contribution in [-0.4, -0.2) is 47.6 Å². The molecule has 1 aromatic heterocycles. The number of aromatic nitrogens is 2. The first-order valence-corrected chi connectivity index (χ1v) is 8.17. The molecular weight excluding hydrogens is 267 g/mol. The number of anilines is 1. The first-order chi connectivity index (χ1) is 10.2. The van der Waals surface area contributed by atoms with Crippen LogP contribution < -0.4 is 4.90 Å². The van der Waals surface area contributed by atoms with E-state index in [4.69, 9.17) is 0 Å². The van der Waals surface area contributed by atoms with Crippen LogP contribution in [0.1, 0.15) is 32.1 Å². The van der Waals surface area contributed by atoms with Crippen molar-refractivity contribution in [3.63, 3.8) is 0 Å². The lowest BCUT2D eigenvalue weighted by molar-refractivity contribution is 0.215. The summed E-state index contributed by atoms with van der Waals surface area (Å²) in [4.78, 5) is 13.2. The Labute approximate surface area is 125 Å². The zero-order chi connectivity index (χ0) is 14.3. The summed E-state index contributed by atoms with van der Waals surface area (Å²) in [5.74, 6) is 1.30. The molecular formula is C16H23FN4. The molecule has 3 aliphatic rings. The van der Waals surface area contributed by atoms with Crippen molar-refractivity contribution in [3.8, 4) is 0 Å². The van der Waals surface area contributed by atoms with Crippen LogP contribution >= 0.6 is 0 Å². The number of hydrogen-bond donors (Lipinski definition) is 0. The van der Waals surface area contributed by atoms with Crippen molar-refractivity contribution in [2.45, 2.75) is 32.1 Å². The molecule has 0 amide bonds. The molecule has 1 saturated carbocycles. The van der Waals surface area contributed by atoms with Gasteiger partial charge in [0, 0.05) is 31.6 Å². The topological polar surface area (TPSA) is 32.3 Å². The summed E-state index contributed by atoms with van der Waals surface area (Å²) in [5.41, 5.74) is 0.408. The second-order valence-electron chi connectivity index (χ2n) is 7.15. The summed E-state index contributed by atoms with van der Waals surface area (Å²) in [6.07, 6.45) is 9.20. The molecule has 4 nitrogen and oxygen atoms in total. The maximum absolute atomic E-state index is 13.0. The standard InChI is InChI=1S/C16H23FN4/c17-14-8-18-15(19-9-14)21-6-1-4-16(12-21)5-7-20(11-16)10-13-2-3-13/h8-9,13H,1-7,10-12H2. The van der Waals surface area contributed by atoms with E-state index in [-0.39, 0.29) is 5.82 Å². The van der Waals surface area contributed by atoms with Crippen LogP contribution in [0.25, 0.3) is 0 Å². The Morgan fingerprint density at radius 3 is 2.71 bits per heavy atom. The Morgan fingerprint density at radius 1 is 1.14 bits per heavy atom. The Balaban J connectivity index is 1.43. The molecule has 2 aliphatic heterocycles. The highest BCUT2D eigenvalue weighted by Gasteiger charge is 2.42. The molecule has 3 fully saturated rings. The molecule has 21 heavy (non-hydrogen) atoms. The number of halogens is 1. The largest absolute Gasteiger partial charge is 0.340 e. The zero-order valence-electron chi connectivity index (χ0n) is 12.5. The van der Waals surface area contributed by atoms with Crippen LogP contribution in [0.3, 0.4) is 0 Å². The van der Waals surface area contributed by atoms with Crippen molar-refractivity contribution in [3.05, 3.63) is 18.2 Å². The van der Waals surface area contributed by atoms with Crippen molar-refractivity contribution in [2.75, 3.05) is 37.6 Å². The molecule has 4 rings (SSSR count). The van der Waals surface area contributed by atoms with Crippen LogP contribution in [0.15, 0.2) is 12.4 Å². The van der Waals surface area contributed by atoms with Crippen molar-refractivity contribution < 1.29 is 4.39 Å². The third-order valence-electron chi connectivity index (χ3n) is 5.28. The van der Waals surface area contributed by atoms with E-state index in [1.165, 1.54) is 64.1 Å². The monoisotopic (exact) mass is 290 g/mol. The van der Waals surface area contributed by atoms with Gasteiger partial charge < -0.3 is 9.80 Å². The van der Waals surface area contributed by atoms with Gasteiger partial charge in [-0.3, -0.25) is 0 Å². The highest BCUT2D eigenvalue weighted by Crippen LogP contribution is 2.41. The van der Waals surface area contributed by atoms with E-state index >= 15 is 0 Å². The van der Waals surface area contributed by atoms with Gasteiger partial charge in [0.1, 0.15) is 0 Å². The zero-order valence-corrected chi connectivity index (χ0v) is 12.5. The predicted octanol–water partition coefficient (Wildman–Crippen LogP) is 2.32. The van der Waals surface area contributed by atoms with E-state index < -0.39 is 0 Å². The van der Waals surface area contributed by atoms with Gasteiger partial charge in [0.2, 0.25) is 5.95 Å². The highest BCUT2D eigenvalue weighted by molar-refractivity contribution is 5.30. The summed E-state index contributed by atoms with van der Waals surface area (Å²) in [6.45, 7) is 5.79. The van der Waals surface area contributed by atoms with Crippen LogP contribution in [0.5, 0.6) is 0 Å². The van der Waals surface area contributed by atoms with Crippen molar-refractivity contribution in [1.82, 2.24) is 14.9 Å². The van der Waals surface area contributed by atoms with Crippen LogP contribution in [-0.2, 0) is 0 Å². The van der Waals surface area contributed by atoms with E-state index in [1.807, 2.05) is 0 Å².